The van der Waals surface area contributed by atoms with Crippen molar-refractivity contribution < 1.29 is 9.59 Å². The van der Waals surface area contributed by atoms with E-state index in [1.807, 2.05) is 4.90 Å². The number of nitrogens with zero attached hydrogens (tertiary/aromatic N) is 2. The molecule has 2 heterocycles. The Bertz CT molecular complexity index is 384. The fourth-order valence-electron chi connectivity index (χ4n) is 3.54. The van der Waals surface area contributed by atoms with Gasteiger partial charge in [0.1, 0.15) is 0 Å². The van der Waals surface area contributed by atoms with Crippen LogP contribution in [0.1, 0.15) is 52.4 Å². The van der Waals surface area contributed by atoms with Crippen molar-refractivity contribution in [3.05, 3.63) is 0 Å². The highest BCUT2D eigenvalue weighted by atomic mass is 16.2. The lowest BCUT2D eigenvalue weighted by Gasteiger charge is -2.30. The molecule has 0 aromatic rings. The van der Waals surface area contributed by atoms with Gasteiger partial charge in [0.2, 0.25) is 11.8 Å². The first kappa shape index (κ1) is 16.3. The van der Waals surface area contributed by atoms with E-state index in [4.69, 9.17) is 5.73 Å². The van der Waals surface area contributed by atoms with Gasteiger partial charge in [0, 0.05) is 25.6 Å². The second-order valence-electron chi connectivity index (χ2n) is 6.84. The number of hydrogen-bond donors (Lipinski definition) is 1. The van der Waals surface area contributed by atoms with Crippen molar-refractivity contribution in [3.63, 3.8) is 0 Å². The standard InChI is InChI=1S/C16H29N3O2/c1-12(2)7-10-18-11-8-13(5-6-15(18)20)19-9-3-4-14(19)16(17)21/h12-14H,3-11H2,1-2H3,(H2,17,21)/t13?,14-/m0/s1. The Balaban J connectivity index is 1.93. The zero-order valence-corrected chi connectivity index (χ0v) is 13.4. The Hall–Kier alpha value is -1.10. The van der Waals surface area contributed by atoms with Gasteiger partial charge in [-0.3, -0.25) is 14.5 Å². The van der Waals surface area contributed by atoms with Crippen molar-refractivity contribution in [2.75, 3.05) is 19.6 Å². The SMILES string of the molecule is CC(C)CCN1CCC(N2CCC[C@H]2C(N)=O)CCC1=O. The lowest BCUT2D eigenvalue weighted by atomic mass is 10.1. The summed E-state index contributed by atoms with van der Waals surface area (Å²) in [6, 6.07) is 0.213. The maximum absolute atomic E-state index is 12.2. The molecule has 5 heteroatoms. The van der Waals surface area contributed by atoms with E-state index in [1.165, 1.54) is 0 Å². The third-order valence-electron chi connectivity index (χ3n) is 4.84. The smallest absolute Gasteiger partial charge is 0.234 e. The Morgan fingerprint density at radius 1 is 1.29 bits per heavy atom. The van der Waals surface area contributed by atoms with Crippen molar-refractivity contribution in [1.29, 1.82) is 0 Å². The predicted molar refractivity (Wildman–Crippen MR) is 82.6 cm³/mol. The summed E-state index contributed by atoms with van der Waals surface area (Å²) >= 11 is 0. The number of amides is 2. The minimum atomic E-state index is -0.209. The first-order valence-electron chi connectivity index (χ1n) is 8.32. The summed E-state index contributed by atoms with van der Waals surface area (Å²) in [4.78, 5) is 28.0. The summed E-state index contributed by atoms with van der Waals surface area (Å²) < 4.78 is 0. The molecule has 5 nitrogen and oxygen atoms in total. The highest BCUT2D eigenvalue weighted by molar-refractivity contribution is 5.80. The van der Waals surface area contributed by atoms with Crippen LogP contribution in [-0.2, 0) is 9.59 Å². The minimum Gasteiger partial charge on any atom is -0.368 e. The first-order valence-corrected chi connectivity index (χ1v) is 8.32. The number of hydrogen-bond acceptors (Lipinski definition) is 3. The zero-order chi connectivity index (χ0) is 15.4. The summed E-state index contributed by atoms with van der Waals surface area (Å²) in [5.74, 6) is 0.683. The Morgan fingerprint density at radius 2 is 2.05 bits per heavy atom. The molecule has 0 radical (unpaired) electrons. The van der Waals surface area contributed by atoms with Gasteiger partial charge in [0.25, 0.3) is 0 Å². The third-order valence-corrected chi connectivity index (χ3v) is 4.84. The molecule has 2 amide bonds. The lowest BCUT2D eigenvalue weighted by Crippen LogP contribution is -2.46. The van der Waals surface area contributed by atoms with Crippen LogP contribution in [0, 0.1) is 5.92 Å². The van der Waals surface area contributed by atoms with Crippen LogP contribution in [0.25, 0.3) is 0 Å². The zero-order valence-electron chi connectivity index (χ0n) is 13.4. The maximum Gasteiger partial charge on any atom is 0.234 e. The van der Waals surface area contributed by atoms with Crippen molar-refractivity contribution in [2.24, 2.45) is 11.7 Å². The number of likely N-dealkylation sites (tertiary alicyclic amines) is 2. The van der Waals surface area contributed by atoms with E-state index in [1.54, 1.807) is 0 Å². The molecule has 0 aromatic heterocycles. The van der Waals surface area contributed by atoms with Crippen molar-refractivity contribution in [3.8, 4) is 0 Å². The van der Waals surface area contributed by atoms with Crippen LogP contribution in [0.15, 0.2) is 0 Å². The van der Waals surface area contributed by atoms with Gasteiger partial charge in [-0.15, -0.1) is 0 Å². The van der Waals surface area contributed by atoms with E-state index in [2.05, 4.69) is 18.7 Å². The van der Waals surface area contributed by atoms with Gasteiger partial charge in [-0.2, -0.15) is 0 Å². The topological polar surface area (TPSA) is 66.6 Å². The van der Waals surface area contributed by atoms with Crippen molar-refractivity contribution in [1.82, 2.24) is 9.80 Å². The second kappa shape index (κ2) is 7.25. The second-order valence-corrected chi connectivity index (χ2v) is 6.84. The molecule has 2 saturated heterocycles. The fourth-order valence-corrected chi connectivity index (χ4v) is 3.54. The normalized spacial score (nSPS) is 28.1. The molecule has 2 aliphatic rings. The molecule has 0 bridgehead atoms. The van der Waals surface area contributed by atoms with E-state index in [9.17, 15) is 9.59 Å². The van der Waals surface area contributed by atoms with Gasteiger partial charge in [-0.25, -0.2) is 0 Å². The summed E-state index contributed by atoms with van der Waals surface area (Å²) in [6.45, 7) is 7.00. The molecular weight excluding hydrogens is 266 g/mol. The number of carbonyl (C=O) groups excluding carboxylic acids is 2. The number of rotatable bonds is 5. The number of primary amides is 1. The number of carbonyl (C=O) groups is 2. The highest BCUT2D eigenvalue weighted by Gasteiger charge is 2.35. The van der Waals surface area contributed by atoms with Crippen LogP contribution < -0.4 is 5.73 Å². The molecule has 0 spiro atoms. The third kappa shape index (κ3) is 4.19. The summed E-state index contributed by atoms with van der Waals surface area (Å²) in [5, 5.41) is 0. The van der Waals surface area contributed by atoms with E-state index in [-0.39, 0.29) is 17.9 Å². The summed E-state index contributed by atoms with van der Waals surface area (Å²) in [7, 11) is 0. The van der Waals surface area contributed by atoms with Gasteiger partial charge < -0.3 is 10.6 Å². The molecule has 2 rings (SSSR count). The quantitative estimate of drug-likeness (QED) is 0.833. The Kier molecular flexibility index (Phi) is 5.62. The largest absolute Gasteiger partial charge is 0.368 e. The highest BCUT2D eigenvalue weighted by Crippen LogP contribution is 2.26. The molecular formula is C16H29N3O2. The van der Waals surface area contributed by atoms with E-state index in [0.717, 1.165) is 51.7 Å². The fraction of sp³-hybridized carbons (Fsp3) is 0.875. The predicted octanol–water partition coefficient (Wildman–Crippen LogP) is 1.36. The first-order chi connectivity index (χ1) is 9.99. The molecule has 0 saturated carbocycles. The van der Waals surface area contributed by atoms with E-state index in [0.29, 0.717) is 18.4 Å². The molecule has 1 unspecified atom stereocenters. The van der Waals surface area contributed by atoms with Crippen LogP contribution >= 0.6 is 0 Å². The molecule has 2 N–H and O–H groups in total. The van der Waals surface area contributed by atoms with E-state index < -0.39 is 0 Å². The number of nitrogens with two attached hydrogens (primary N) is 1. The monoisotopic (exact) mass is 295 g/mol. The van der Waals surface area contributed by atoms with E-state index >= 15 is 0 Å². The van der Waals surface area contributed by atoms with Gasteiger partial charge in [0.05, 0.1) is 6.04 Å². The van der Waals surface area contributed by atoms with Gasteiger partial charge >= 0.3 is 0 Å². The minimum absolute atomic E-state index is 0.118. The summed E-state index contributed by atoms with van der Waals surface area (Å²) in [5.41, 5.74) is 5.51. The van der Waals surface area contributed by atoms with Gasteiger partial charge in [-0.05, 0) is 44.6 Å². The van der Waals surface area contributed by atoms with Gasteiger partial charge in [-0.1, -0.05) is 13.8 Å². The molecule has 0 aliphatic carbocycles. The summed E-state index contributed by atoms with van der Waals surface area (Å²) in [6.07, 6.45) is 5.40. The molecule has 0 aromatic carbocycles. The Morgan fingerprint density at radius 3 is 2.71 bits per heavy atom. The Labute approximate surface area is 127 Å². The van der Waals surface area contributed by atoms with Crippen molar-refractivity contribution in [2.45, 2.75) is 64.5 Å². The van der Waals surface area contributed by atoms with Crippen LogP contribution in [0.2, 0.25) is 0 Å². The van der Waals surface area contributed by atoms with Crippen molar-refractivity contribution >= 4 is 11.8 Å². The molecule has 120 valence electrons. The van der Waals surface area contributed by atoms with Crippen LogP contribution in [0.3, 0.4) is 0 Å². The molecule has 2 aliphatic heterocycles. The average Bonchev–Trinajstić information content (AvgIpc) is 2.83. The van der Waals surface area contributed by atoms with Gasteiger partial charge in [0.15, 0.2) is 0 Å². The molecule has 21 heavy (non-hydrogen) atoms. The maximum atomic E-state index is 12.2. The van der Waals surface area contributed by atoms with Crippen LogP contribution in [0.5, 0.6) is 0 Å². The molecule has 2 fully saturated rings. The van der Waals surface area contributed by atoms with Crippen LogP contribution in [0.4, 0.5) is 0 Å². The molecule has 2 atom stereocenters. The average molecular weight is 295 g/mol. The van der Waals surface area contributed by atoms with Crippen LogP contribution in [-0.4, -0.2) is 53.3 Å². The lowest BCUT2D eigenvalue weighted by molar-refractivity contribution is -0.130.